The summed E-state index contributed by atoms with van der Waals surface area (Å²) in [5.74, 6) is -0.0585. The van der Waals surface area contributed by atoms with Crippen LogP contribution in [-0.2, 0) is 4.79 Å². The van der Waals surface area contributed by atoms with Gasteiger partial charge in [0.15, 0.2) is 0 Å². The summed E-state index contributed by atoms with van der Waals surface area (Å²) in [4.78, 5) is 26.1. The second-order valence-electron chi connectivity index (χ2n) is 4.80. The molecular formula is C14H21N3O4. The predicted molar refractivity (Wildman–Crippen MR) is 78.5 cm³/mol. The Hall–Kier alpha value is -2.31. The number of nitrogens with zero attached hydrogens (tertiary/aromatic N) is 1. The van der Waals surface area contributed by atoms with E-state index >= 15 is 0 Å². The minimum absolute atomic E-state index is 0.158. The number of aromatic nitrogens is 1. The van der Waals surface area contributed by atoms with E-state index in [1.165, 1.54) is 13.3 Å². The van der Waals surface area contributed by atoms with Crippen LogP contribution >= 0.6 is 0 Å². The lowest BCUT2D eigenvalue weighted by Crippen LogP contribution is -2.30. The average molecular weight is 295 g/mol. The van der Waals surface area contributed by atoms with Crippen LogP contribution in [0.15, 0.2) is 18.3 Å². The van der Waals surface area contributed by atoms with Crippen LogP contribution in [0.2, 0.25) is 0 Å². The van der Waals surface area contributed by atoms with Gasteiger partial charge in [-0.3, -0.25) is 4.79 Å². The smallest absolute Gasteiger partial charge is 0.319 e. The molecule has 1 aromatic rings. The molecule has 116 valence electrons. The first-order valence-electron chi connectivity index (χ1n) is 6.78. The zero-order chi connectivity index (χ0) is 15.7. The van der Waals surface area contributed by atoms with Crippen molar-refractivity contribution in [2.24, 2.45) is 5.92 Å². The van der Waals surface area contributed by atoms with Gasteiger partial charge >= 0.3 is 12.0 Å². The number of nitrogens with one attached hydrogen (secondary N) is 2. The van der Waals surface area contributed by atoms with Crippen molar-refractivity contribution in [1.29, 1.82) is 0 Å². The molecule has 0 spiro atoms. The maximum absolute atomic E-state index is 11.6. The molecule has 0 aliphatic heterocycles. The number of carbonyl (C=O) groups is 2. The first kappa shape index (κ1) is 16.7. The standard InChI is InChI=1S/C14H21N3O4/c1-10(3-6-13(18)19)7-8-15-14(20)17-11-4-5-12(21-2)16-9-11/h4-5,9-10H,3,6-8H2,1-2H3,(H,18,19)(H2,15,17,20). The van der Waals surface area contributed by atoms with Gasteiger partial charge in [-0.2, -0.15) is 0 Å². The summed E-state index contributed by atoms with van der Waals surface area (Å²) in [6.07, 6.45) is 3.02. The Morgan fingerprint density at radius 2 is 2.14 bits per heavy atom. The molecule has 0 radical (unpaired) electrons. The van der Waals surface area contributed by atoms with Crippen molar-refractivity contribution in [3.8, 4) is 5.88 Å². The lowest BCUT2D eigenvalue weighted by molar-refractivity contribution is -0.137. The molecule has 2 amide bonds. The van der Waals surface area contributed by atoms with E-state index in [9.17, 15) is 9.59 Å². The zero-order valence-corrected chi connectivity index (χ0v) is 12.3. The van der Waals surface area contributed by atoms with Crippen LogP contribution in [0.25, 0.3) is 0 Å². The highest BCUT2D eigenvalue weighted by atomic mass is 16.5. The maximum Gasteiger partial charge on any atom is 0.319 e. The number of hydrogen-bond acceptors (Lipinski definition) is 4. The van der Waals surface area contributed by atoms with Crippen LogP contribution in [0, 0.1) is 5.92 Å². The second-order valence-corrected chi connectivity index (χ2v) is 4.80. The summed E-state index contributed by atoms with van der Waals surface area (Å²) in [6.45, 7) is 2.46. The molecule has 0 aromatic carbocycles. The van der Waals surface area contributed by atoms with Crippen molar-refractivity contribution in [1.82, 2.24) is 10.3 Å². The largest absolute Gasteiger partial charge is 0.481 e. The molecular weight excluding hydrogens is 274 g/mol. The highest BCUT2D eigenvalue weighted by Gasteiger charge is 2.07. The molecule has 0 aliphatic rings. The minimum atomic E-state index is -0.792. The molecule has 0 saturated heterocycles. The molecule has 1 aromatic heterocycles. The van der Waals surface area contributed by atoms with Crippen molar-refractivity contribution in [2.45, 2.75) is 26.2 Å². The van der Waals surface area contributed by atoms with Crippen molar-refractivity contribution < 1.29 is 19.4 Å². The number of amides is 2. The fourth-order valence-electron chi connectivity index (χ4n) is 1.70. The number of urea groups is 1. The quantitative estimate of drug-likeness (QED) is 0.682. The molecule has 0 saturated carbocycles. The third kappa shape index (κ3) is 7.14. The Labute approximate surface area is 123 Å². The van der Waals surface area contributed by atoms with Crippen LogP contribution in [0.3, 0.4) is 0 Å². The fourth-order valence-corrected chi connectivity index (χ4v) is 1.70. The average Bonchev–Trinajstić information content (AvgIpc) is 2.46. The monoisotopic (exact) mass is 295 g/mol. The van der Waals surface area contributed by atoms with Gasteiger partial charge in [0.1, 0.15) is 0 Å². The summed E-state index contributed by atoms with van der Waals surface area (Å²) in [5.41, 5.74) is 0.576. The number of carboxylic acids is 1. The lowest BCUT2D eigenvalue weighted by atomic mass is 10.0. The Kier molecular flexibility index (Phi) is 7.00. The predicted octanol–water partition coefficient (Wildman–Crippen LogP) is 2.10. The third-order valence-electron chi connectivity index (χ3n) is 2.98. The first-order valence-corrected chi connectivity index (χ1v) is 6.78. The van der Waals surface area contributed by atoms with Gasteiger partial charge < -0.3 is 20.5 Å². The minimum Gasteiger partial charge on any atom is -0.481 e. The number of carbonyl (C=O) groups excluding carboxylic acids is 1. The number of anilines is 1. The Bertz CT molecular complexity index is 462. The van der Waals surface area contributed by atoms with Gasteiger partial charge in [-0.05, 0) is 24.8 Å². The second kappa shape index (κ2) is 8.78. The van der Waals surface area contributed by atoms with Crippen LogP contribution in [0.5, 0.6) is 5.88 Å². The van der Waals surface area contributed by atoms with E-state index in [4.69, 9.17) is 9.84 Å². The Morgan fingerprint density at radius 3 is 2.71 bits per heavy atom. The van der Waals surface area contributed by atoms with Crippen LogP contribution in [-0.4, -0.2) is 35.7 Å². The van der Waals surface area contributed by atoms with E-state index in [-0.39, 0.29) is 18.4 Å². The van der Waals surface area contributed by atoms with Gasteiger partial charge in [0.25, 0.3) is 0 Å². The summed E-state index contributed by atoms with van der Waals surface area (Å²) in [7, 11) is 1.52. The molecule has 0 bridgehead atoms. The van der Waals surface area contributed by atoms with Gasteiger partial charge in [0.05, 0.1) is 19.0 Å². The van der Waals surface area contributed by atoms with E-state index in [2.05, 4.69) is 15.6 Å². The van der Waals surface area contributed by atoms with E-state index < -0.39 is 5.97 Å². The summed E-state index contributed by atoms with van der Waals surface area (Å²) in [6, 6.07) is 3.04. The molecule has 7 heteroatoms. The third-order valence-corrected chi connectivity index (χ3v) is 2.98. The molecule has 0 aliphatic carbocycles. The number of rotatable bonds is 8. The number of methoxy groups -OCH3 is 1. The van der Waals surface area contributed by atoms with Gasteiger partial charge in [-0.25, -0.2) is 9.78 Å². The van der Waals surface area contributed by atoms with E-state index in [0.717, 1.165) is 6.42 Å². The van der Waals surface area contributed by atoms with E-state index in [0.29, 0.717) is 24.5 Å². The summed E-state index contributed by atoms with van der Waals surface area (Å²) < 4.78 is 4.92. The SMILES string of the molecule is COc1ccc(NC(=O)NCCC(C)CCC(=O)O)cn1. The number of hydrogen-bond donors (Lipinski definition) is 3. The van der Waals surface area contributed by atoms with Crippen molar-refractivity contribution in [3.63, 3.8) is 0 Å². The maximum atomic E-state index is 11.6. The van der Waals surface area contributed by atoms with Crippen molar-refractivity contribution in [2.75, 3.05) is 19.0 Å². The Morgan fingerprint density at radius 1 is 1.38 bits per heavy atom. The van der Waals surface area contributed by atoms with Gasteiger partial charge in [0, 0.05) is 19.0 Å². The molecule has 1 unspecified atom stereocenters. The van der Waals surface area contributed by atoms with Gasteiger partial charge in [0.2, 0.25) is 5.88 Å². The Balaban J connectivity index is 2.22. The van der Waals surface area contributed by atoms with Crippen LogP contribution < -0.4 is 15.4 Å². The highest BCUT2D eigenvalue weighted by molar-refractivity contribution is 5.88. The van der Waals surface area contributed by atoms with Crippen LogP contribution in [0.1, 0.15) is 26.2 Å². The van der Waals surface area contributed by atoms with Gasteiger partial charge in [-0.15, -0.1) is 0 Å². The van der Waals surface area contributed by atoms with Crippen molar-refractivity contribution >= 4 is 17.7 Å². The molecule has 0 fully saturated rings. The molecule has 7 nitrogen and oxygen atoms in total. The molecule has 21 heavy (non-hydrogen) atoms. The fraction of sp³-hybridized carbons (Fsp3) is 0.500. The lowest BCUT2D eigenvalue weighted by Gasteiger charge is -2.11. The normalized spacial score (nSPS) is 11.5. The zero-order valence-electron chi connectivity index (χ0n) is 12.3. The number of ether oxygens (including phenoxy) is 1. The summed E-state index contributed by atoms with van der Waals surface area (Å²) in [5, 5.41) is 14.0. The van der Waals surface area contributed by atoms with Gasteiger partial charge in [-0.1, -0.05) is 6.92 Å². The van der Waals surface area contributed by atoms with E-state index in [1.807, 2.05) is 6.92 Å². The number of aliphatic carboxylic acids is 1. The molecule has 3 N–H and O–H groups in total. The molecule has 1 heterocycles. The van der Waals surface area contributed by atoms with Crippen molar-refractivity contribution in [3.05, 3.63) is 18.3 Å². The highest BCUT2D eigenvalue weighted by Crippen LogP contribution is 2.11. The molecule has 1 atom stereocenters. The van der Waals surface area contributed by atoms with Crippen LogP contribution in [0.4, 0.5) is 10.5 Å². The summed E-state index contributed by atoms with van der Waals surface area (Å²) >= 11 is 0. The number of carboxylic acid groups (broad SMARTS) is 1. The first-order chi connectivity index (χ1) is 10.0. The molecule has 1 rings (SSSR count). The van der Waals surface area contributed by atoms with E-state index in [1.54, 1.807) is 12.1 Å². The number of pyridine rings is 1. The topological polar surface area (TPSA) is 101 Å².